The van der Waals surface area contributed by atoms with Crippen LogP contribution >= 0.6 is 12.2 Å². The van der Waals surface area contributed by atoms with Gasteiger partial charge < -0.3 is 9.32 Å². The first-order valence-corrected chi connectivity index (χ1v) is 9.54. The fourth-order valence-electron chi connectivity index (χ4n) is 2.97. The van der Waals surface area contributed by atoms with E-state index in [0.717, 1.165) is 38.3 Å². The molecule has 1 fully saturated rings. The van der Waals surface area contributed by atoms with Gasteiger partial charge in [0.05, 0.1) is 12.2 Å². The summed E-state index contributed by atoms with van der Waals surface area (Å²) in [6.45, 7) is 9.50. The van der Waals surface area contributed by atoms with Crippen molar-refractivity contribution < 1.29 is 17.6 Å². The van der Waals surface area contributed by atoms with E-state index in [2.05, 4.69) is 15.0 Å². The minimum absolute atomic E-state index is 0.220. The number of anilines is 1. The van der Waals surface area contributed by atoms with Crippen molar-refractivity contribution in [3.63, 3.8) is 0 Å². The maximum atomic E-state index is 12.7. The number of pyridine rings is 1. The highest BCUT2D eigenvalue weighted by molar-refractivity contribution is 7.71. The summed E-state index contributed by atoms with van der Waals surface area (Å²) in [4.78, 5) is 8.55. The molecule has 2 aromatic rings. The Kier molecular flexibility index (Phi) is 5.81. The molecule has 0 bridgehead atoms. The van der Waals surface area contributed by atoms with Crippen molar-refractivity contribution >= 4 is 18.0 Å². The van der Waals surface area contributed by atoms with Gasteiger partial charge in [0, 0.05) is 37.8 Å². The van der Waals surface area contributed by atoms with E-state index in [9.17, 15) is 13.2 Å². The molecule has 0 spiro atoms. The largest absolute Gasteiger partial charge is 0.417 e. The first kappa shape index (κ1) is 20.8. The highest BCUT2D eigenvalue weighted by Crippen LogP contribution is 2.29. The van der Waals surface area contributed by atoms with Crippen LogP contribution in [0.1, 0.15) is 38.6 Å². The lowest BCUT2D eigenvalue weighted by Crippen LogP contribution is -2.33. The van der Waals surface area contributed by atoms with E-state index in [1.54, 1.807) is 4.68 Å². The summed E-state index contributed by atoms with van der Waals surface area (Å²) in [6, 6.07) is 2.51. The summed E-state index contributed by atoms with van der Waals surface area (Å²) < 4.78 is 45.4. The SMILES string of the molecule is CC(C)(C)c1nn(CN2CCCN(c3ccc(C(F)(F)F)cn3)CC2)c(=S)o1. The van der Waals surface area contributed by atoms with Crippen molar-refractivity contribution in [2.45, 2.75) is 45.5 Å². The normalized spacial score (nSPS) is 17.0. The van der Waals surface area contributed by atoms with Crippen LogP contribution in [-0.4, -0.2) is 45.8 Å². The van der Waals surface area contributed by atoms with Gasteiger partial charge in [-0.1, -0.05) is 20.8 Å². The van der Waals surface area contributed by atoms with E-state index in [0.29, 0.717) is 29.8 Å². The Balaban J connectivity index is 1.64. The maximum absolute atomic E-state index is 12.7. The lowest BCUT2D eigenvalue weighted by molar-refractivity contribution is -0.137. The van der Waals surface area contributed by atoms with Gasteiger partial charge in [-0.25, -0.2) is 9.67 Å². The molecule has 1 saturated heterocycles. The number of nitrogens with zero attached hydrogens (tertiary/aromatic N) is 5. The van der Waals surface area contributed by atoms with E-state index in [-0.39, 0.29) is 5.41 Å². The highest BCUT2D eigenvalue weighted by Gasteiger charge is 2.31. The Morgan fingerprint density at radius 1 is 1.11 bits per heavy atom. The topological polar surface area (TPSA) is 50.3 Å². The van der Waals surface area contributed by atoms with Crippen LogP contribution in [0.5, 0.6) is 0 Å². The van der Waals surface area contributed by atoms with Crippen LogP contribution in [0.4, 0.5) is 19.0 Å². The molecule has 3 rings (SSSR count). The van der Waals surface area contributed by atoms with Crippen LogP contribution < -0.4 is 4.90 Å². The smallest absolute Gasteiger partial charge is 0.413 e. The predicted octanol–water partition coefficient (Wildman–Crippen LogP) is 4.09. The van der Waals surface area contributed by atoms with Crippen molar-refractivity contribution in [3.05, 3.63) is 34.6 Å². The molecule has 0 aromatic carbocycles. The van der Waals surface area contributed by atoms with Crippen LogP contribution in [0.25, 0.3) is 0 Å². The van der Waals surface area contributed by atoms with Crippen molar-refractivity contribution in [3.8, 4) is 0 Å². The maximum Gasteiger partial charge on any atom is 0.417 e. The third-order valence-corrected chi connectivity index (χ3v) is 4.86. The van der Waals surface area contributed by atoms with Crippen molar-refractivity contribution in [1.29, 1.82) is 0 Å². The van der Waals surface area contributed by atoms with Crippen LogP contribution in [0.2, 0.25) is 0 Å². The summed E-state index contributed by atoms with van der Waals surface area (Å²) in [7, 11) is 0. The molecule has 0 atom stereocenters. The zero-order valence-corrected chi connectivity index (χ0v) is 17.0. The number of aromatic nitrogens is 3. The quantitative estimate of drug-likeness (QED) is 0.704. The zero-order valence-electron chi connectivity index (χ0n) is 16.2. The molecule has 10 heteroatoms. The molecule has 28 heavy (non-hydrogen) atoms. The molecule has 6 nitrogen and oxygen atoms in total. The second-order valence-electron chi connectivity index (χ2n) is 7.93. The summed E-state index contributed by atoms with van der Waals surface area (Å²) in [5.41, 5.74) is -0.953. The van der Waals surface area contributed by atoms with Gasteiger partial charge in [-0.2, -0.15) is 13.2 Å². The average molecular weight is 415 g/mol. The number of hydrogen-bond donors (Lipinski definition) is 0. The van der Waals surface area contributed by atoms with E-state index in [4.69, 9.17) is 16.6 Å². The Bertz CT molecular complexity index is 854. The number of hydrogen-bond acceptors (Lipinski definition) is 6. The molecule has 0 amide bonds. The fourth-order valence-corrected chi connectivity index (χ4v) is 3.15. The molecule has 154 valence electrons. The van der Waals surface area contributed by atoms with Crippen molar-refractivity contribution in [2.75, 3.05) is 31.1 Å². The van der Waals surface area contributed by atoms with Gasteiger partial charge >= 0.3 is 6.18 Å². The molecule has 1 aliphatic heterocycles. The first-order valence-electron chi connectivity index (χ1n) is 9.13. The molecule has 0 N–H and O–H groups in total. The zero-order chi connectivity index (χ0) is 20.5. The molecular weight excluding hydrogens is 391 g/mol. The average Bonchev–Trinajstić information content (AvgIpc) is 2.83. The van der Waals surface area contributed by atoms with Gasteiger partial charge in [0.15, 0.2) is 0 Å². The second kappa shape index (κ2) is 7.82. The standard InChI is InChI=1S/C18H24F3N5OS/c1-17(2,3)15-23-26(16(28)27-15)12-24-7-4-8-25(10-9-24)14-6-5-13(11-22-14)18(19,20)21/h5-6,11H,4,7-10,12H2,1-3H3. The van der Waals surface area contributed by atoms with Crippen LogP contribution in [0.3, 0.4) is 0 Å². The van der Waals surface area contributed by atoms with E-state index < -0.39 is 11.7 Å². The van der Waals surface area contributed by atoms with E-state index >= 15 is 0 Å². The molecule has 0 unspecified atom stereocenters. The summed E-state index contributed by atoms with van der Waals surface area (Å²) in [5, 5.41) is 4.49. The molecule has 3 heterocycles. The molecule has 1 aliphatic rings. The van der Waals surface area contributed by atoms with E-state index in [1.807, 2.05) is 25.7 Å². The van der Waals surface area contributed by atoms with E-state index in [1.165, 1.54) is 6.07 Å². The minimum atomic E-state index is -4.37. The van der Waals surface area contributed by atoms with Crippen LogP contribution in [-0.2, 0) is 18.3 Å². The third-order valence-electron chi connectivity index (χ3n) is 4.57. The summed E-state index contributed by atoms with van der Waals surface area (Å²) in [5.74, 6) is 1.16. The first-order chi connectivity index (χ1) is 13.0. The summed E-state index contributed by atoms with van der Waals surface area (Å²) >= 11 is 5.28. The monoisotopic (exact) mass is 415 g/mol. The highest BCUT2D eigenvalue weighted by atomic mass is 32.1. The Hall–Kier alpha value is -1.94. The van der Waals surface area contributed by atoms with Gasteiger partial charge in [-0.3, -0.25) is 4.90 Å². The van der Waals surface area contributed by atoms with Crippen LogP contribution in [0, 0.1) is 4.84 Å². The fraction of sp³-hybridized carbons (Fsp3) is 0.611. The molecule has 0 saturated carbocycles. The van der Waals surface area contributed by atoms with Gasteiger partial charge in [-0.05, 0) is 30.8 Å². The molecule has 2 aromatic heterocycles. The lowest BCUT2D eigenvalue weighted by atomic mass is 9.97. The van der Waals surface area contributed by atoms with Gasteiger partial charge in [0.1, 0.15) is 5.82 Å². The van der Waals surface area contributed by atoms with Gasteiger partial charge in [0.25, 0.3) is 4.84 Å². The third kappa shape index (κ3) is 4.91. The number of halogens is 3. The Morgan fingerprint density at radius 3 is 2.43 bits per heavy atom. The summed E-state index contributed by atoms with van der Waals surface area (Å²) in [6.07, 6.45) is -2.62. The minimum Gasteiger partial charge on any atom is -0.413 e. The van der Waals surface area contributed by atoms with Crippen molar-refractivity contribution in [2.24, 2.45) is 0 Å². The van der Waals surface area contributed by atoms with Gasteiger partial charge in [0.2, 0.25) is 5.89 Å². The second-order valence-corrected chi connectivity index (χ2v) is 8.27. The van der Waals surface area contributed by atoms with Crippen molar-refractivity contribution in [1.82, 2.24) is 19.7 Å². The Morgan fingerprint density at radius 2 is 1.86 bits per heavy atom. The number of alkyl halides is 3. The molecular formula is C18H24F3N5OS. The molecule has 0 radical (unpaired) electrons. The lowest BCUT2D eigenvalue weighted by Gasteiger charge is -2.22. The Labute approximate surface area is 167 Å². The molecule has 0 aliphatic carbocycles. The number of rotatable bonds is 3. The predicted molar refractivity (Wildman–Crippen MR) is 102 cm³/mol. The van der Waals surface area contributed by atoms with Crippen LogP contribution in [0.15, 0.2) is 22.7 Å². The van der Waals surface area contributed by atoms with Gasteiger partial charge in [-0.15, -0.1) is 5.10 Å².